The molecular weight excluding hydrogens is 376 g/mol. The number of hydrogen-bond donors (Lipinski definition) is 1. The first-order valence-electron chi connectivity index (χ1n) is 10.6. The van der Waals surface area contributed by atoms with Crippen molar-refractivity contribution in [2.24, 2.45) is 0 Å². The molecule has 0 saturated carbocycles. The standard InChI is InChI=1S/C13H20O2.C9H12O.C4H8O/c1-5-14-11(4)15-13-8-6-12(7-9-13)10(2)3;1-7(2)8-3-5-9(10)6-4-8;1-3-5-4-2/h6-11H,5H2,1-4H3;3-7,10H,1-2H3;3H,1,4H2,2H3. The lowest BCUT2D eigenvalue weighted by atomic mass is 10.0. The van der Waals surface area contributed by atoms with E-state index < -0.39 is 0 Å². The van der Waals surface area contributed by atoms with Crippen LogP contribution in [0.5, 0.6) is 11.5 Å². The van der Waals surface area contributed by atoms with E-state index in [1.54, 1.807) is 12.1 Å². The first-order chi connectivity index (χ1) is 14.2. The van der Waals surface area contributed by atoms with Gasteiger partial charge in [-0.1, -0.05) is 58.5 Å². The van der Waals surface area contributed by atoms with E-state index in [-0.39, 0.29) is 6.29 Å². The van der Waals surface area contributed by atoms with Crippen LogP contribution in [0.15, 0.2) is 61.4 Å². The molecule has 0 heterocycles. The van der Waals surface area contributed by atoms with Crippen molar-refractivity contribution in [3.63, 3.8) is 0 Å². The zero-order valence-corrected chi connectivity index (χ0v) is 19.7. The molecule has 0 radical (unpaired) electrons. The van der Waals surface area contributed by atoms with Crippen LogP contribution in [-0.2, 0) is 9.47 Å². The molecule has 4 heteroatoms. The van der Waals surface area contributed by atoms with E-state index in [0.717, 1.165) is 12.4 Å². The average Bonchev–Trinajstić information content (AvgIpc) is 2.70. The Kier molecular flexibility index (Phi) is 15.0. The van der Waals surface area contributed by atoms with E-state index in [1.807, 2.05) is 45.0 Å². The van der Waals surface area contributed by atoms with Gasteiger partial charge in [0.1, 0.15) is 11.5 Å². The molecule has 0 aliphatic heterocycles. The van der Waals surface area contributed by atoms with Crippen molar-refractivity contribution in [2.45, 2.75) is 66.6 Å². The molecule has 1 N–H and O–H groups in total. The highest BCUT2D eigenvalue weighted by Gasteiger charge is 2.03. The third kappa shape index (κ3) is 12.9. The number of ether oxygens (including phenoxy) is 3. The molecule has 0 amide bonds. The normalized spacial score (nSPS) is 11.0. The van der Waals surface area contributed by atoms with E-state index >= 15 is 0 Å². The summed E-state index contributed by atoms with van der Waals surface area (Å²) in [6.07, 6.45) is 1.25. The maximum Gasteiger partial charge on any atom is 0.196 e. The third-order valence-electron chi connectivity index (χ3n) is 4.09. The van der Waals surface area contributed by atoms with Gasteiger partial charge in [0, 0.05) is 6.61 Å². The van der Waals surface area contributed by atoms with Crippen molar-refractivity contribution in [1.82, 2.24) is 0 Å². The quantitative estimate of drug-likeness (QED) is 0.363. The third-order valence-corrected chi connectivity index (χ3v) is 4.09. The van der Waals surface area contributed by atoms with Crippen LogP contribution >= 0.6 is 0 Å². The summed E-state index contributed by atoms with van der Waals surface area (Å²) in [4.78, 5) is 0. The van der Waals surface area contributed by atoms with Gasteiger partial charge in [-0.25, -0.2) is 0 Å². The summed E-state index contributed by atoms with van der Waals surface area (Å²) in [5.74, 6) is 2.30. The van der Waals surface area contributed by atoms with Gasteiger partial charge in [-0.3, -0.25) is 0 Å². The maximum absolute atomic E-state index is 8.94. The summed E-state index contributed by atoms with van der Waals surface area (Å²) in [5, 5.41) is 8.94. The summed E-state index contributed by atoms with van der Waals surface area (Å²) >= 11 is 0. The summed E-state index contributed by atoms with van der Waals surface area (Å²) in [6.45, 7) is 19.1. The maximum atomic E-state index is 8.94. The van der Waals surface area contributed by atoms with Crippen LogP contribution in [0.3, 0.4) is 0 Å². The Hall–Kier alpha value is -2.46. The van der Waals surface area contributed by atoms with Crippen LogP contribution in [0.25, 0.3) is 0 Å². The van der Waals surface area contributed by atoms with E-state index in [2.05, 4.69) is 51.1 Å². The first kappa shape index (κ1) is 27.5. The molecule has 0 aromatic heterocycles. The van der Waals surface area contributed by atoms with Crippen LogP contribution in [0.4, 0.5) is 0 Å². The van der Waals surface area contributed by atoms with Gasteiger partial charge in [0.2, 0.25) is 0 Å². The van der Waals surface area contributed by atoms with Crippen molar-refractivity contribution >= 4 is 0 Å². The molecule has 0 aliphatic carbocycles. The van der Waals surface area contributed by atoms with E-state index in [9.17, 15) is 0 Å². The average molecular weight is 417 g/mol. The molecule has 4 nitrogen and oxygen atoms in total. The number of aromatic hydroxyl groups is 1. The number of phenols is 1. The van der Waals surface area contributed by atoms with Gasteiger partial charge in [0.05, 0.1) is 12.9 Å². The van der Waals surface area contributed by atoms with Crippen LogP contribution in [-0.4, -0.2) is 24.6 Å². The molecule has 2 aromatic carbocycles. The van der Waals surface area contributed by atoms with Gasteiger partial charge in [0.25, 0.3) is 0 Å². The highest BCUT2D eigenvalue weighted by molar-refractivity contribution is 5.29. The van der Waals surface area contributed by atoms with E-state index in [4.69, 9.17) is 14.6 Å². The van der Waals surface area contributed by atoms with Gasteiger partial charge in [0.15, 0.2) is 6.29 Å². The molecule has 0 spiro atoms. The van der Waals surface area contributed by atoms with Gasteiger partial charge < -0.3 is 19.3 Å². The van der Waals surface area contributed by atoms with Gasteiger partial charge in [-0.2, -0.15) is 0 Å². The molecule has 2 aromatic rings. The summed E-state index contributed by atoms with van der Waals surface area (Å²) < 4.78 is 15.5. The van der Waals surface area contributed by atoms with Crippen molar-refractivity contribution in [2.75, 3.05) is 13.2 Å². The van der Waals surface area contributed by atoms with Crippen LogP contribution < -0.4 is 4.74 Å². The first-order valence-corrected chi connectivity index (χ1v) is 10.6. The topological polar surface area (TPSA) is 47.9 Å². The van der Waals surface area contributed by atoms with Gasteiger partial charge in [-0.05, 0) is 68.0 Å². The smallest absolute Gasteiger partial charge is 0.196 e. The molecule has 30 heavy (non-hydrogen) atoms. The Labute approximate surface area is 183 Å². The lowest BCUT2D eigenvalue weighted by Gasteiger charge is -2.14. The zero-order chi connectivity index (χ0) is 22.9. The Morgan fingerprint density at radius 1 is 0.800 bits per heavy atom. The Morgan fingerprint density at radius 2 is 1.27 bits per heavy atom. The molecule has 0 bridgehead atoms. The lowest BCUT2D eigenvalue weighted by Crippen LogP contribution is -2.15. The number of benzene rings is 2. The molecular formula is C26H40O4. The molecule has 2 rings (SSSR count). The summed E-state index contributed by atoms with van der Waals surface area (Å²) in [5.41, 5.74) is 2.59. The Balaban J connectivity index is 0.000000481. The Morgan fingerprint density at radius 3 is 1.60 bits per heavy atom. The Bertz CT molecular complexity index is 660. The highest BCUT2D eigenvalue weighted by atomic mass is 16.7. The molecule has 0 fully saturated rings. The summed E-state index contributed by atoms with van der Waals surface area (Å²) in [7, 11) is 0. The number of rotatable bonds is 8. The van der Waals surface area contributed by atoms with E-state index in [1.165, 1.54) is 17.4 Å². The lowest BCUT2D eigenvalue weighted by molar-refractivity contribution is -0.0613. The zero-order valence-electron chi connectivity index (χ0n) is 19.7. The summed E-state index contributed by atoms with van der Waals surface area (Å²) in [6, 6.07) is 15.5. The van der Waals surface area contributed by atoms with Crippen molar-refractivity contribution in [3.8, 4) is 11.5 Å². The van der Waals surface area contributed by atoms with Crippen molar-refractivity contribution < 1.29 is 19.3 Å². The monoisotopic (exact) mass is 416 g/mol. The molecule has 0 saturated heterocycles. The molecule has 168 valence electrons. The minimum Gasteiger partial charge on any atom is -0.508 e. The highest BCUT2D eigenvalue weighted by Crippen LogP contribution is 2.19. The van der Waals surface area contributed by atoms with Crippen molar-refractivity contribution in [3.05, 3.63) is 72.5 Å². The largest absolute Gasteiger partial charge is 0.508 e. The second-order valence-electron chi connectivity index (χ2n) is 7.23. The minimum atomic E-state index is -0.181. The molecule has 1 unspecified atom stereocenters. The number of hydrogen-bond acceptors (Lipinski definition) is 4. The van der Waals surface area contributed by atoms with Crippen LogP contribution in [0.2, 0.25) is 0 Å². The second-order valence-corrected chi connectivity index (χ2v) is 7.23. The van der Waals surface area contributed by atoms with Crippen LogP contribution in [0.1, 0.15) is 71.4 Å². The predicted octanol–water partition coefficient (Wildman–Crippen LogP) is 7.25. The fourth-order valence-corrected chi connectivity index (χ4v) is 2.37. The molecule has 0 aliphatic rings. The predicted molar refractivity (Wildman–Crippen MR) is 126 cm³/mol. The van der Waals surface area contributed by atoms with Gasteiger partial charge in [-0.15, -0.1) is 0 Å². The van der Waals surface area contributed by atoms with Crippen molar-refractivity contribution in [1.29, 1.82) is 0 Å². The SMILES string of the molecule is C=COCC.CC(C)c1ccc(O)cc1.CCOC(C)Oc1ccc(C(C)C)cc1. The van der Waals surface area contributed by atoms with Gasteiger partial charge >= 0.3 is 0 Å². The molecule has 1 atom stereocenters. The van der Waals surface area contributed by atoms with E-state index in [0.29, 0.717) is 24.2 Å². The number of phenolic OH excluding ortho intramolecular Hbond substituents is 1. The fourth-order valence-electron chi connectivity index (χ4n) is 2.37. The fraction of sp³-hybridized carbons (Fsp3) is 0.462. The second kappa shape index (κ2) is 16.3. The van der Waals surface area contributed by atoms with Crippen LogP contribution in [0, 0.1) is 0 Å². The minimum absolute atomic E-state index is 0.181.